The van der Waals surface area contributed by atoms with Crippen LogP contribution in [0.3, 0.4) is 0 Å². The average Bonchev–Trinajstić information content (AvgIpc) is 3.66. The van der Waals surface area contributed by atoms with E-state index in [-0.39, 0.29) is 6.10 Å². The SMILES string of the molecule is C[C@@H](OC(=O)Nc1ccc(-c2c(N)c3ccc(N4CCOCC4)cc3n2C2CCC2)cc1Cl)C1CC1. The number of halogens is 1. The van der Waals surface area contributed by atoms with Gasteiger partial charge in [0.1, 0.15) is 6.10 Å². The van der Waals surface area contributed by atoms with Gasteiger partial charge in [-0.1, -0.05) is 17.7 Å². The Labute approximate surface area is 216 Å². The third-order valence-electron chi connectivity index (χ3n) is 7.90. The van der Waals surface area contributed by atoms with Crippen LogP contribution in [0.4, 0.5) is 21.9 Å². The molecule has 8 heteroatoms. The lowest BCUT2D eigenvalue weighted by Gasteiger charge is -2.31. The van der Waals surface area contributed by atoms with E-state index in [1.54, 1.807) is 0 Å². The zero-order valence-electron chi connectivity index (χ0n) is 20.6. The van der Waals surface area contributed by atoms with Crippen LogP contribution < -0.4 is 16.0 Å². The zero-order valence-corrected chi connectivity index (χ0v) is 21.4. The van der Waals surface area contributed by atoms with Crippen molar-refractivity contribution in [3.8, 4) is 11.3 Å². The highest BCUT2D eigenvalue weighted by molar-refractivity contribution is 6.34. The number of rotatable bonds is 6. The Hall–Kier alpha value is -2.90. The van der Waals surface area contributed by atoms with E-state index in [0.717, 1.165) is 79.8 Å². The molecule has 0 spiro atoms. The molecule has 0 radical (unpaired) electrons. The number of aromatic nitrogens is 1. The van der Waals surface area contributed by atoms with Gasteiger partial charge in [0.2, 0.25) is 0 Å². The van der Waals surface area contributed by atoms with E-state index in [1.165, 1.54) is 12.1 Å². The van der Waals surface area contributed by atoms with Crippen LogP contribution in [0.15, 0.2) is 36.4 Å². The number of nitrogen functional groups attached to an aromatic ring is 1. The molecular formula is C28H33ClN4O3. The molecule has 2 aromatic carbocycles. The molecule has 1 amide bonds. The summed E-state index contributed by atoms with van der Waals surface area (Å²) in [6, 6.07) is 12.7. The summed E-state index contributed by atoms with van der Waals surface area (Å²) in [5.74, 6) is 0.480. The van der Waals surface area contributed by atoms with E-state index in [0.29, 0.717) is 22.7 Å². The Balaban J connectivity index is 1.34. The van der Waals surface area contributed by atoms with Crippen LogP contribution in [0.25, 0.3) is 22.2 Å². The van der Waals surface area contributed by atoms with Crippen molar-refractivity contribution < 1.29 is 14.3 Å². The Morgan fingerprint density at radius 1 is 1.14 bits per heavy atom. The second-order valence-corrected chi connectivity index (χ2v) is 10.7. The summed E-state index contributed by atoms with van der Waals surface area (Å²) >= 11 is 6.65. The molecule has 2 saturated carbocycles. The maximum Gasteiger partial charge on any atom is 0.411 e. The lowest BCUT2D eigenvalue weighted by molar-refractivity contribution is 0.108. The number of nitrogens with one attached hydrogen (secondary N) is 1. The van der Waals surface area contributed by atoms with E-state index >= 15 is 0 Å². The second-order valence-electron chi connectivity index (χ2n) is 10.3. The van der Waals surface area contributed by atoms with Crippen molar-refractivity contribution >= 4 is 45.7 Å². The Morgan fingerprint density at radius 3 is 2.58 bits per heavy atom. The Morgan fingerprint density at radius 2 is 1.92 bits per heavy atom. The number of nitrogens with zero attached hydrogens (tertiary/aromatic N) is 2. The molecule has 3 aromatic rings. The normalized spacial score (nSPS) is 19.2. The van der Waals surface area contributed by atoms with Gasteiger partial charge < -0.3 is 24.7 Å². The largest absolute Gasteiger partial charge is 0.446 e. The number of hydrogen-bond acceptors (Lipinski definition) is 5. The van der Waals surface area contributed by atoms with Gasteiger partial charge in [-0.05, 0) is 75.3 Å². The molecular weight excluding hydrogens is 476 g/mol. The highest BCUT2D eigenvalue weighted by Gasteiger charge is 2.31. The molecule has 6 rings (SSSR count). The fourth-order valence-corrected chi connectivity index (χ4v) is 5.62. The third-order valence-corrected chi connectivity index (χ3v) is 8.21. The first-order chi connectivity index (χ1) is 17.5. The van der Waals surface area contributed by atoms with Gasteiger partial charge in [0.05, 0.1) is 40.8 Å². The number of morpholine rings is 1. The van der Waals surface area contributed by atoms with Crippen molar-refractivity contribution in [3.05, 3.63) is 41.4 Å². The number of amides is 1. The Kier molecular flexibility index (Phi) is 6.21. The molecule has 0 bridgehead atoms. The van der Waals surface area contributed by atoms with Gasteiger partial charge >= 0.3 is 6.09 Å². The molecule has 0 unspecified atom stereocenters. The predicted octanol–water partition coefficient (Wildman–Crippen LogP) is 6.45. The van der Waals surface area contributed by atoms with Crippen molar-refractivity contribution in [3.63, 3.8) is 0 Å². The van der Waals surface area contributed by atoms with Gasteiger partial charge in [0.25, 0.3) is 0 Å². The van der Waals surface area contributed by atoms with Crippen LogP contribution in [0.5, 0.6) is 0 Å². The first-order valence-corrected chi connectivity index (χ1v) is 13.4. The third kappa shape index (κ3) is 4.39. The standard InChI is InChI=1S/C28H33ClN4O3/c1-17(18-5-6-18)36-28(34)31-24-10-7-19(15-23(24)29)27-26(30)22-9-8-21(32-11-13-35-14-12-32)16-25(22)33(27)20-3-2-4-20/h7-10,15-18,20H,2-6,11-14,30H2,1H3,(H,31,34)/t17-/m1/s1. The van der Waals surface area contributed by atoms with Crippen LogP contribution in [-0.2, 0) is 9.47 Å². The van der Waals surface area contributed by atoms with Gasteiger partial charge in [-0.15, -0.1) is 0 Å². The molecule has 2 aliphatic carbocycles. The lowest BCUT2D eigenvalue weighted by atomic mass is 9.92. The van der Waals surface area contributed by atoms with Crippen LogP contribution in [0.1, 0.15) is 45.1 Å². The summed E-state index contributed by atoms with van der Waals surface area (Å²) in [5, 5.41) is 4.32. The van der Waals surface area contributed by atoms with E-state index < -0.39 is 6.09 Å². The summed E-state index contributed by atoms with van der Waals surface area (Å²) in [4.78, 5) is 14.7. The predicted molar refractivity (Wildman–Crippen MR) is 145 cm³/mol. The zero-order chi connectivity index (χ0) is 24.8. The second kappa shape index (κ2) is 9.52. The van der Waals surface area contributed by atoms with Gasteiger partial charge in [0, 0.05) is 35.8 Å². The summed E-state index contributed by atoms with van der Waals surface area (Å²) in [6.45, 7) is 5.23. The lowest BCUT2D eigenvalue weighted by Crippen LogP contribution is -2.36. The summed E-state index contributed by atoms with van der Waals surface area (Å²) in [7, 11) is 0. The van der Waals surface area contributed by atoms with Gasteiger partial charge in [0.15, 0.2) is 0 Å². The summed E-state index contributed by atoms with van der Waals surface area (Å²) in [6.07, 6.45) is 5.18. The smallest absolute Gasteiger partial charge is 0.411 e. The van der Waals surface area contributed by atoms with Gasteiger partial charge in [-0.3, -0.25) is 5.32 Å². The highest BCUT2D eigenvalue weighted by Crippen LogP contribution is 2.45. The highest BCUT2D eigenvalue weighted by atomic mass is 35.5. The summed E-state index contributed by atoms with van der Waals surface area (Å²) in [5.41, 5.74) is 12.4. The number of anilines is 3. The van der Waals surface area contributed by atoms with Crippen molar-refractivity contribution in [2.75, 3.05) is 42.3 Å². The molecule has 3 fully saturated rings. The number of hydrogen-bond donors (Lipinski definition) is 2. The minimum atomic E-state index is -0.470. The minimum Gasteiger partial charge on any atom is -0.446 e. The number of nitrogens with two attached hydrogens (primary N) is 1. The van der Waals surface area contributed by atoms with E-state index in [1.807, 2.05) is 25.1 Å². The van der Waals surface area contributed by atoms with Crippen molar-refractivity contribution in [2.45, 2.75) is 51.2 Å². The van der Waals surface area contributed by atoms with Crippen molar-refractivity contribution in [1.82, 2.24) is 4.57 Å². The Bertz CT molecular complexity index is 1290. The fraction of sp³-hybridized carbons (Fsp3) is 0.464. The van der Waals surface area contributed by atoms with Crippen LogP contribution in [0.2, 0.25) is 5.02 Å². The number of fused-ring (bicyclic) bond motifs is 1. The first-order valence-electron chi connectivity index (χ1n) is 13.0. The topological polar surface area (TPSA) is 81.8 Å². The molecule has 190 valence electrons. The van der Waals surface area contributed by atoms with Crippen LogP contribution >= 0.6 is 11.6 Å². The molecule has 1 aromatic heterocycles. The van der Waals surface area contributed by atoms with Gasteiger partial charge in [-0.2, -0.15) is 0 Å². The van der Waals surface area contributed by atoms with Crippen molar-refractivity contribution in [1.29, 1.82) is 0 Å². The summed E-state index contributed by atoms with van der Waals surface area (Å²) < 4.78 is 13.4. The first kappa shape index (κ1) is 23.5. The molecule has 1 atom stereocenters. The molecule has 36 heavy (non-hydrogen) atoms. The maximum absolute atomic E-state index is 12.4. The quantitative estimate of drug-likeness (QED) is 0.399. The number of benzene rings is 2. The van der Waals surface area contributed by atoms with E-state index in [4.69, 9.17) is 26.8 Å². The molecule has 2 heterocycles. The number of carbonyl (C=O) groups excluding carboxylic acids is 1. The molecule has 3 aliphatic rings. The molecule has 1 aliphatic heterocycles. The number of carbonyl (C=O) groups is 1. The fourth-order valence-electron chi connectivity index (χ4n) is 5.40. The molecule has 7 nitrogen and oxygen atoms in total. The number of ether oxygens (including phenoxy) is 2. The molecule has 3 N–H and O–H groups in total. The van der Waals surface area contributed by atoms with Crippen LogP contribution in [0, 0.1) is 5.92 Å². The maximum atomic E-state index is 12.4. The van der Waals surface area contributed by atoms with Crippen LogP contribution in [-0.4, -0.2) is 43.1 Å². The monoisotopic (exact) mass is 508 g/mol. The average molecular weight is 509 g/mol. The van der Waals surface area contributed by atoms with Gasteiger partial charge in [-0.25, -0.2) is 4.79 Å². The van der Waals surface area contributed by atoms with Crippen molar-refractivity contribution in [2.24, 2.45) is 5.92 Å². The minimum absolute atomic E-state index is 0.0802. The van der Waals surface area contributed by atoms with E-state index in [9.17, 15) is 4.79 Å². The van der Waals surface area contributed by atoms with E-state index in [2.05, 4.69) is 33.0 Å². The molecule has 1 saturated heterocycles.